The van der Waals surface area contributed by atoms with Gasteiger partial charge in [0.1, 0.15) is 11.0 Å². The molecule has 7 heteroatoms. The minimum Gasteiger partial charge on any atom is -0.386 e. The SMILES string of the molecule is O=C(NCC(O)c1cc2ccccc2s1)c1cnns1. The summed E-state index contributed by atoms with van der Waals surface area (Å²) in [5.41, 5.74) is 0. The number of aliphatic hydroxyl groups excluding tert-OH is 1. The summed E-state index contributed by atoms with van der Waals surface area (Å²) in [6.07, 6.45) is 0.698. The van der Waals surface area contributed by atoms with Crippen LogP contribution in [0.25, 0.3) is 10.1 Å². The highest BCUT2D eigenvalue weighted by Crippen LogP contribution is 2.29. The smallest absolute Gasteiger partial charge is 0.264 e. The number of fused-ring (bicyclic) bond motifs is 1. The van der Waals surface area contributed by atoms with E-state index in [1.54, 1.807) is 0 Å². The molecule has 1 aromatic carbocycles. The van der Waals surface area contributed by atoms with Crippen LogP contribution in [0.2, 0.25) is 0 Å². The lowest BCUT2D eigenvalue weighted by Crippen LogP contribution is -2.27. The molecule has 102 valence electrons. The zero-order valence-electron chi connectivity index (χ0n) is 10.3. The number of hydrogen-bond donors (Lipinski definition) is 2. The van der Waals surface area contributed by atoms with E-state index in [1.807, 2.05) is 30.3 Å². The molecule has 2 N–H and O–H groups in total. The Hall–Kier alpha value is -1.83. The van der Waals surface area contributed by atoms with Gasteiger partial charge in [-0.2, -0.15) is 0 Å². The number of nitrogens with one attached hydrogen (secondary N) is 1. The molecule has 2 aromatic heterocycles. The van der Waals surface area contributed by atoms with Gasteiger partial charge in [-0.15, -0.1) is 16.4 Å². The first kappa shape index (κ1) is 13.2. The maximum Gasteiger partial charge on any atom is 0.264 e. The monoisotopic (exact) mass is 305 g/mol. The van der Waals surface area contributed by atoms with Crippen molar-refractivity contribution in [1.82, 2.24) is 14.9 Å². The van der Waals surface area contributed by atoms with Crippen molar-refractivity contribution in [2.45, 2.75) is 6.10 Å². The van der Waals surface area contributed by atoms with Crippen molar-refractivity contribution in [3.8, 4) is 0 Å². The van der Waals surface area contributed by atoms with Gasteiger partial charge in [-0.3, -0.25) is 4.79 Å². The number of carbonyl (C=O) groups is 1. The van der Waals surface area contributed by atoms with Gasteiger partial charge < -0.3 is 10.4 Å². The van der Waals surface area contributed by atoms with Crippen molar-refractivity contribution in [3.05, 3.63) is 46.3 Å². The van der Waals surface area contributed by atoms with E-state index in [4.69, 9.17) is 0 Å². The standard InChI is InChI=1S/C13H11N3O2S2/c17-9(6-14-13(18)12-7-15-16-20-12)11-5-8-3-1-2-4-10(8)19-11/h1-5,7,9,17H,6H2,(H,14,18). The number of nitrogens with zero attached hydrogens (tertiary/aromatic N) is 2. The first-order valence-corrected chi connectivity index (χ1v) is 7.55. The molecule has 1 amide bonds. The zero-order valence-corrected chi connectivity index (χ0v) is 11.9. The van der Waals surface area contributed by atoms with E-state index in [-0.39, 0.29) is 12.5 Å². The summed E-state index contributed by atoms with van der Waals surface area (Å²) in [6, 6.07) is 9.89. The molecule has 3 aromatic rings. The fraction of sp³-hybridized carbons (Fsp3) is 0.154. The number of amides is 1. The van der Waals surface area contributed by atoms with Gasteiger partial charge in [0, 0.05) is 16.1 Å². The molecule has 5 nitrogen and oxygen atoms in total. The van der Waals surface area contributed by atoms with E-state index >= 15 is 0 Å². The lowest BCUT2D eigenvalue weighted by molar-refractivity contribution is 0.0922. The molecule has 1 unspecified atom stereocenters. The predicted molar refractivity (Wildman–Crippen MR) is 79.0 cm³/mol. The van der Waals surface area contributed by atoms with E-state index in [0.717, 1.165) is 26.5 Å². The molecule has 0 fully saturated rings. The van der Waals surface area contributed by atoms with Crippen molar-refractivity contribution < 1.29 is 9.90 Å². The number of benzene rings is 1. The van der Waals surface area contributed by atoms with E-state index in [0.29, 0.717) is 4.88 Å². The highest BCUT2D eigenvalue weighted by Gasteiger charge is 2.14. The van der Waals surface area contributed by atoms with Gasteiger partial charge in [0.2, 0.25) is 0 Å². The maximum absolute atomic E-state index is 11.7. The third-order valence-electron chi connectivity index (χ3n) is 2.81. The molecule has 0 aliphatic rings. The van der Waals surface area contributed by atoms with Gasteiger partial charge in [-0.05, 0) is 29.1 Å². The Kier molecular flexibility index (Phi) is 3.72. The fourth-order valence-electron chi connectivity index (χ4n) is 1.81. The molecule has 20 heavy (non-hydrogen) atoms. The molecule has 1 atom stereocenters. The van der Waals surface area contributed by atoms with Crippen LogP contribution in [0.5, 0.6) is 0 Å². The molecule has 3 rings (SSSR count). The highest BCUT2D eigenvalue weighted by molar-refractivity contribution is 7.19. The van der Waals surface area contributed by atoms with Crippen LogP contribution >= 0.6 is 22.9 Å². The quantitative estimate of drug-likeness (QED) is 0.775. The summed E-state index contributed by atoms with van der Waals surface area (Å²) in [5, 5.41) is 17.5. The van der Waals surface area contributed by atoms with Crippen molar-refractivity contribution in [3.63, 3.8) is 0 Å². The third-order valence-corrected chi connectivity index (χ3v) is 4.69. The van der Waals surface area contributed by atoms with Gasteiger partial charge >= 0.3 is 0 Å². The van der Waals surface area contributed by atoms with Crippen LogP contribution in [0.3, 0.4) is 0 Å². The summed E-state index contributed by atoms with van der Waals surface area (Å²) >= 11 is 2.56. The average molecular weight is 305 g/mol. The van der Waals surface area contributed by atoms with Crippen LogP contribution < -0.4 is 5.32 Å². The fourth-order valence-corrected chi connectivity index (χ4v) is 3.29. The topological polar surface area (TPSA) is 75.1 Å². The van der Waals surface area contributed by atoms with Crippen LogP contribution in [0.4, 0.5) is 0 Å². The number of carbonyl (C=O) groups excluding carboxylic acids is 1. The van der Waals surface area contributed by atoms with Crippen molar-refractivity contribution >= 4 is 38.9 Å². The average Bonchev–Trinajstić information content (AvgIpc) is 3.12. The number of rotatable bonds is 4. The van der Waals surface area contributed by atoms with E-state index in [9.17, 15) is 9.90 Å². The molecule has 2 heterocycles. The number of hydrogen-bond acceptors (Lipinski definition) is 6. The van der Waals surface area contributed by atoms with Crippen LogP contribution in [0, 0.1) is 0 Å². The summed E-state index contributed by atoms with van der Waals surface area (Å²) in [6.45, 7) is 0.170. The third kappa shape index (κ3) is 2.69. The highest BCUT2D eigenvalue weighted by atomic mass is 32.1. The Morgan fingerprint density at radius 3 is 3.00 bits per heavy atom. The molecule has 0 saturated heterocycles. The van der Waals surface area contributed by atoms with Crippen LogP contribution in [0.1, 0.15) is 20.7 Å². The molecular weight excluding hydrogens is 294 g/mol. The number of thiophene rings is 1. The second-order valence-electron chi connectivity index (χ2n) is 4.19. The molecule has 0 saturated carbocycles. The minimum atomic E-state index is -0.711. The van der Waals surface area contributed by atoms with E-state index < -0.39 is 6.10 Å². The molecule has 0 aliphatic heterocycles. The minimum absolute atomic E-state index is 0.170. The second kappa shape index (κ2) is 5.66. The lowest BCUT2D eigenvalue weighted by atomic mass is 10.2. The van der Waals surface area contributed by atoms with Crippen LogP contribution in [-0.2, 0) is 0 Å². The molecule has 0 aliphatic carbocycles. The normalized spacial score (nSPS) is 12.4. The first-order valence-electron chi connectivity index (χ1n) is 5.96. The lowest BCUT2D eigenvalue weighted by Gasteiger charge is -2.08. The Labute approximate surface area is 123 Å². The van der Waals surface area contributed by atoms with Gasteiger partial charge in [0.05, 0.1) is 6.20 Å². The summed E-state index contributed by atoms with van der Waals surface area (Å²) in [7, 11) is 0. The van der Waals surface area contributed by atoms with Crippen molar-refractivity contribution in [1.29, 1.82) is 0 Å². The first-order chi connectivity index (χ1) is 9.74. The van der Waals surface area contributed by atoms with Gasteiger partial charge in [0.25, 0.3) is 5.91 Å². The maximum atomic E-state index is 11.7. The van der Waals surface area contributed by atoms with E-state index in [2.05, 4.69) is 14.9 Å². The summed E-state index contributed by atoms with van der Waals surface area (Å²) in [4.78, 5) is 13.0. The Balaban J connectivity index is 1.67. The molecule has 0 spiro atoms. The molecule has 0 bridgehead atoms. The molecular formula is C13H11N3O2S2. The number of aromatic nitrogens is 2. The van der Waals surface area contributed by atoms with Gasteiger partial charge in [-0.1, -0.05) is 22.7 Å². The van der Waals surface area contributed by atoms with Crippen LogP contribution in [-0.4, -0.2) is 27.1 Å². The van der Waals surface area contributed by atoms with Crippen LogP contribution in [0.15, 0.2) is 36.5 Å². The summed E-state index contributed by atoms with van der Waals surface area (Å²) in [5.74, 6) is -0.264. The van der Waals surface area contributed by atoms with Gasteiger partial charge in [0.15, 0.2) is 0 Å². The number of aliphatic hydroxyl groups is 1. The van der Waals surface area contributed by atoms with Crippen molar-refractivity contribution in [2.75, 3.05) is 6.54 Å². The Bertz CT molecular complexity index is 691. The van der Waals surface area contributed by atoms with Gasteiger partial charge in [-0.25, -0.2) is 0 Å². The predicted octanol–water partition coefficient (Wildman–Crippen LogP) is 2.22. The summed E-state index contributed by atoms with van der Waals surface area (Å²) < 4.78 is 4.75. The van der Waals surface area contributed by atoms with Crippen molar-refractivity contribution in [2.24, 2.45) is 0 Å². The second-order valence-corrected chi connectivity index (χ2v) is 6.10. The Morgan fingerprint density at radius 1 is 1.40 bits per heavy atom. The largest absolute Gasteiger partial charge is 0.386 e. The zero-order chi connectivity index (χ0) is 13.9. The van der Waals surface area contributed by atoms with E-state index in [1.165, 1.54) is 17.5 Å². The molecule has 0 radical (unpaired) electrons. The Morgan fingerprint density at radius 2 is 2.25 bits per heavy atom.